The van der Waals surface area contributed by atoms with E-state index in [-0.39, 0.29) is 6.61 Å². The summed E-state index contributed by atoms with van der Waals surface area (Å²) in [5.41, 5.74) is 0. The number of amides is 2. The summed E-state index contributed by atoms with van der Waals surface area (Å²) in [7, 11) is 1.37. The second-order valence-corrected chi connectivity index (χ2v) is 2.82. The van der Waals surface area contributed by atoms with Gasteiger partial charge in [0, 0.05) is 13.7 Å². The van der Waals surface area contributed by atoms with Crippen LogP contribution in [0.2, 0.25) is 0 Å². The molecule has 0 aromatic rings. The maximum Gasteiger partial charge on any atom is 0.328 e. The smallest absolute Gasteiger partial charge is 0.328 e. The Morgan fingerprint density at radius 3 is 2.73 bits per heavy atom. The third kappa shape index (κ3) is 6.50. The van der Waals surface area contributed by atoms with Crippen LogP contribution in [-0.4, -0.2) is 43.4 Å². The van der Waals surface area contributed by atoms with Crippen molar-refractivity contribution in [1.29, 1.82) is 0 Å². The molecule has 6 nitrogen and oxygen atoms in total. The lowest BCUT2D eigenvalue weighted by Crippen LogP contribution is -2.48. The molecule has 0 aliphatic heterocycles. The van der Waals surface area contributed by atoms with Crippen LogP contribution in [0.4, 0.5) is 4.79 Å². The summed E-state index contributed by atoms with van der Waals surface area (Å²) in [5, 5.41) is 13.4. The summed E-state index contributed by atoms with van der Waals surface area (Å²) in [4.78, 5) is 21.7. The molecule has 0 aromatic carbocycles. The summed E-state index contributed by atoms with van der Waals surface area (Å²) < 4.78 is 4.65. The zero-order chi connectivity index (χ0) is 11.7. The van der Waals surface area contributed by atoms with Gasteiger partial charge in [-0.05, 0) is 6.42 Å². The van der Waals surface area contributed by atoms with E-state index in [2.05, 4.69) is 21.9 Å². The first-order valence-corrected chi connectivity index (χ1v) is 4.48. The average molecular weight is 216 g/mol. The predicted molar refractivity (Wildman–Crippen MR) is 54.6 cm³/mol. The summed E-state index contributed by atoms with van der Waals surface area (Å²) in [5.74, 6) is -1.13. The number of carbonyl (C=O) groups excluding carboxylic acids is 1. The second kappa shape index (κ2) is 7.81. The van der Waals surface area contributed by atoms with Gasteiger partial charge in [-0.3, -0.25) is 0 Å². The van der Waals surface area contributed by atoms with Crippen molar-refractivity contribution in [2.45, 2.75) is 12.5 Å². The van der Waals surface area contributed by atoms with Gasteiger partial charge < -0.3 is 20.5 Å². The van der Waals surface area contributed by atoms with Gasteiger partial charge in [-0.15, -0.1) is 6.58 Å². The second-order valence-electron chi connectivity index (χ2n) is 2.82. The SMILES string of the molecule is C=CCCNC(=O)NC(COC)C(=O)O. The fourth-order valence-corrected chi connectivity index (χ4v) is 0.838. The lowest BCUT2D eigenvalue weighted by Gasteiger charge is -2.13. The molecule has 15 heavy (non-hydrogen) atoms. The molecule has 0 aliphatic carbocycles. The summed E-state index contributed by atoms with van der Waals surface area (Å²) in [6.45, 7) is 3.85. The lowest BCUT2D eigenvalue weighted by atomic mass is 10.3. The van der Waals surface area contributed by atoms with Gasteiger partial charge in [0.2, 0.25) is 0 Å². The molecule has 1 unspecified atom stereocenters. The molecule has 0 aromatic heterocycles. The first kappa shape index (κ1) is 13.4. The largest absolute Gasteiger partial charge is 0.480 e. The molecule has 86 valence electrons. The molecule has 0 bridgehead atoms. The number of rotatable bonds is 7. The Kier molecular flexibility index (Phi) is 7.00. The van der Waals surface area contributed by atoms with Crippen LogP contribution in [-0.2, 0) is 9.53 Å². The first-order valence-electron chi connectivity index (χ1n) is 4.48. The minimum absolute atomic E-state index is 0.0653. The molecule has 0 saturated heterocycles. The number of hydrogen-bond acceptors (Lipinski definition) is 3. The van der Waals surface area contributed by atoms with E-state index in [1.807, 2.05) is 0 Å². The van der Waals surface area contributed by atoms with Gasteiger partial charge >= 0.3 is 12.0 Å². The molecular formula is C9H16N2O4. The van der Waals surface area contributed by atoms with Crippen LogP contribution in [0.3, 0.4) is 0 Å². The van der Waals surface area contributed by atoms with Crippen molar-refractivity contribution in [3.63, 3.8) is 0 Å². The van der Waals surface area contributed by atoms with Gasteiger partial charge in [0.25, 0.3) is 0 Å². The van der Waals surface area contributed by atoms with Gasteiger partial charge in [0.1, 0.15) is 0 Å². The van der Waals surface area contributed by atoms with Crippen molar-refractivity contribution in [3.8, 4) is 0 Å². The van der Waals surface area contributed by atoms with Crippen LogP contribution in [0.1, 0.15) is 6.42 Å². The zero-order valence-electron chi connectivity index (χ0n) is 8.66. The van der Waals surface area contributed by atoms with Crippen molar-refractivity contribution < 1.29 is 19.4 Å². The van der Waals surface area contributed by atoms with E-state index in [1.54, 1.807) is 6.08 Å². The van der Waals surface area contributed by atoms with Crippen molar-refractivity contribution in [2.24, 2.45) is 0 Å². The topological polar surface area (TPSA) is 87.7 Å². The minimum Gasteiger partial charge on any atom is -0.480 e. The lowest BCUT2D eigenvalue weighted by molar-refractivity contribution is -0.140. The maximum atomic E-state index is 11.1. The van der Waals surface area contributed by atoms with E-state index in [1.165, 1.54) is 7.11 Å². The number of carbonyl (C=O) groups is 2. The quantitative estimate of drug-likeness (QED) is 0.411. The Bertz CT molecular complexity index is 230. The highest BCUT2D eigenvalue weighted by Crippen LogP contribution is 1.85. The minimum atomic E-state index is -1.13. The van der Waals surface area contributed by atoms with Crippen molar-refractivity contribution in [3.05, 3.63) is 12.7 Å². The van der Waals surface area contributed by atoms with E-state index >= 15 is 0 Å². The van der Waals surface area contributed by atoms with Crippen LogP contribution >= 0.6 is 0 Å². The molecule has 0 rings (SSSR count). The standard InChI is InChI=1S/C9H16N2O4/c1-3-4-5-10-9(14)11-7(6-15-2)8(12)13/h3,7H,1,4-6H2,2H3,(H,12,13)(H2,10,11,14). The zero-order valence-corrected chi connectivity index (χ0v) is 8.66. The fourth-order valence-electron chi connectivity index (χ4n) is 0.838. The summed E-state index contributed by atoms with van der Waals surface area (Å²) in [6.07, 6.45) is 2.29. The monoisotopic (exact) mass is 216 g/mol. The van der Waals surface area contributed by atoms with Crippen LogP contribution in [0.15, 0.2) is 12.7 Å². The number of hydrogen-bond donors (Lipinski definition) is 3. The number of nitrogens with one attached hydrogen (secondary N) is 2. The van der Waals surface area contributed by atoms with E-state index in [0.29, 0.717) is 13.0 Å². The van der Waals surface area contributed by atoms with Crippen molar-refractivity contribution in [2.75, 3.05) is 20.3 Å². The van der Waals surface area contributed by atoms with Crippen LogP contribution in [0.25, 0.3) is 0 Å². The van der Waals surface area contributed by atoms with Gasteiger partial charge in [0.05, 0.1) is 6.61 Å². The van der Waals surface area contributed by atoms with E-state index in [9.17, 15) is 9.59 Å². The Morgan fingerprint density at radius 2 is 2.27 bits per heavy atom. The Morgan fingerprint density at radius 1 is 1.60 bits per heavy atom. The van der Waals surface area contributed by atoms with Crippen molar-refractivity contribution >= 4 is 12.0 Å². The Labute approximate surface area is 88.3 Å². The number of methoxy groups -OCH3 is 1. The highest BCUT2D eigenvalue weighted by molar-refractivity contribution is 5.82. The van der Waals surface area contributed by atoms with E-state index < -0.39 is 18.0 Å². The highest BCUT2D eigenvalue weighted by Gasteiger charge is 2.18. The number of ether oxygens (including phenoxy) is 1. The number of urea groups is 1. The van der Waals surface area contributed by atoms with Gasteiger partial charge in [-0.25, -0.2) is 9.59 Å². The molecular weight excluding hydrogens is 200 g/mol. The average Bonchev–Trinajstić information content (AvgIpc) is 2.17. The third-order valence-corrected chi connectivity index (χ3v) is 1.57. The highest BCUT2D eigenvalue weighted by atomic mass is 16.5. The molecule has 0 fully saturated rings. The number of carboxylic acids is 1. The predicted octanol–water partition coefficient (Wildman–Crippen LogP) is -0.0387. The Hall–Kier alpha value is -1.56. The Balaban J connectivity index is 3.88. The van der Waals surface area contributed by atoms with Crippen LogP contribution < -0.4 is 10.6 Å². The third-order valence-electron chi connectivity index (χ3n) is 1.57. The maximum absolute atomic E-state index is 11.1. The molecule has 6 heteroatoms. The summed E-state index contributed by atoms with van der Waals surface area (Å²) >= 11 is 0. The first-order chi connectivity index (χ1) is 7.11. The van der Waals surface area contributed by atoms with Crippen LogP contribution in [0.5, 0.6) is 0 Å². The molecule has 0 saturated carbocycles. The van der Waals surface area contributed by atoms with Gasteiger partial charge in [-0.1, -0.05) is 6.08 Å². The molecule has 0 spiro atoms. The molecule has 1 atom stereocenters. The van der Waals surface area contributed by atoms with Crippen molar-refractivity contribution in [1.82, 2.24) is 10.6 Å². The number of carboxylic acid groups (broad SMARTS) is 1. The van der Waals surface area contributed by atoms with Gasteiger partial charge in [-0.2, -0.15) is 0 Å². The van der Waals surface area contributed by atoms with Gasteiger partial charge in [0.15, 0.2) is 6.04 Å². The fraction of sp³-hybridized carbons (Fsp3) is 0.556. The number of aliphatic carboxylic acids is 1. The molecule has 0 aliphatic rings. The van der Waals surface area contributed by atoms with Crippen LogP contribution in [0, 0.1) is 0 Å². The molecule has 3 N–H and O–H groups in total. The molecule has 2 amide bonds. The summed E-state index contributed by atoms with van der Waals surface area (Å²) in [6, 6.07) is -1.56. The van der Waals surface area contributed by atoms with E-state index in [0.717, 1.165) is 0 Å². The molecule has 0 heterocycles. The normalized spacial score (nSPS) is 11.5. The van der Waals surface area contributed by atoms with E-state index in [4.69, 9.17) is 5.11 Å². The molecule has 0 radical (unpaired) electrons.